The minimum atomic E-state index is -3.79. The number of nitrogens with zero attached hydrogens (tertiary/aromatic N) is 4. The normalized spacial score (nSPS) is 11.5. The largest absolute Gasteiger partial charge is 0.455 e. The monoisotopic (exact) mass is 420 g/mol. The lowest BCUT2D eigenvalue weighted by Crippen LogP contribution is -2.14. The number of sulfonamides is 1. The van der Waals surface area contributed by atoms with E-state index in [-0.39, 0.29) is 10.8 Å². The summed E-state index contributed by atoms with van der Waals surface area (Å²) in [5.74, 6) is 1.74. The molecule has 0 atom stereocenters. The van der Waals surface area contributed by atoms with Crippen molar-refractivity contribution >= 4 is 28.0 Å². The van der Waals surface area contributed by atoms with Gasteiger partial charge in [0.2, 0.25) is 5.95 Å². The molecule has 0 spiro atoms. The topological polar surface area (TPSA) is 122 Å². The molecule has 30 heavy (non-hydrogen) atoms. The Bertz CT molecular complexity index is 1240. The van der Waals surface area contributed by atoms with Gasteiger partial charge < -0.3 is 4.42 Å². The van der Waals surface area contributed by atoms with Gasteiger partial charge in [0, 0.05) is 24.2 Å². The highest BCUT2D eigenvalue weighted by Gasteiger charge is 2.16. The van der Waals surface area contributed by atoms with Crippen LogP contribution in [0.3, 0.4) is 0 Å². The molecule has 10 heteroatoms. The Balaban J connectivity index is 1.44. The van der Waals surface area contributed by atoms with Crippen LogP contribution in [0.5, 0.6) is 0 Å². The second-order valence-corrected chi connectivity index (χ2v) is 7.67. The first-order valence-electron chi connectivity index (χ1n) is 8.80. The van der Waals surface area contributed by atoms with Crippen LogP contribution in [-0.2, 0) is 10.0 Å². The summed E-state index contributed by atoms with van der Waals surface area (Å²) in [6.07, 6.45) is 6.10. The van der Waals surface area contributed by atoms with Crippen molar-refractivity contribution in [3.8, 4) is 11.3 Å². The first-order chi connectivity index (χ1) is 14.6. The minimum absolute atomic E-state index is 0.0100. The Morgan fingerprint density at radius 2 is 1.63 bits per heavy atom. The summed E-state index contributed by atoms with van der Waals surface area (Å²) in [6.45, 7) is 0. The number of nitrogens with one attached hydrogen (secondary N) is 2. The molecule has 0 aliphatic carbocycles. The van der Waals surface area contributed by atoms with Crippen LogP contribution in [0, 0.1) is 0 Å². The lowest BCUT2D eigenvalue weighted by molar-refractivity contribution is 0.575. The van der Waals surface area contributed by atoms with Crippen LogP contribution < -0.4 is 10.1 Å². The van der Waals surface area contributed by atoms with Crippen molar-refractivity contribution < 1.29 is 12.8 Å². The number of furan rings is 1. The number of aromatic nitrogens is 3. The van der Waals surface area contributed by atoms with E-state index in [9.17, 15) is 8.42 Å². The fourth-order valence-corrected chi connectivity index (χ4v) is 3.46. The molecular weight excluding hydrogens is 404 g/mol. The van der Waals surface area contributed by atoms with E-state index in [4.69, 9.17) is 4.42 Å². The number of hydrazone groups is 1. The van der Waals surface area contributed by atoms with Crippen molar-refractivity contribution in [1.29, 1.82) is 0 Å². The molecule has 3 aromatic heterocycles. The molecule has 0 aliphatic heterocycles. The van der Waals surface area contributed by atoms with E-state index in [1.165, 1.54) is 30.7 Å². The molecule has 0 saturated heterocycles. The zero-order chi connectivity index (χ0) is 20.8. The van der Waals surface area contributed by atoms with Gasteiger partial charge in [0.15, 0.2) is 0 Å². The molecule has 3 heterocycles. The summed E-state index contributed by atoms with van der Waals surface area (Å²) < 4.78 is 33.0. The summed E-state index contributed by atoms with van der Waals surface area (Å²) in [5, 5.41) is 4.07. The van der Waals surface area contributed by atoms with E-state index in [0.717, 1.165) is 5.56 Å². The van der Waals surface area contributed by atoms with E-state index in [0.29, 0.717) is 17.3 Å². The Kier molecular flexibility index (Phi) is 5.48. The van der Waals surface area contributed by atoms with Crippen molar-refractivity contribution in [1.82, 2.24) is 15.0 Å². The maximum atomic E-state index is 12.4. The van der Waals surface area contributed by atoms with Crippen LogP contribution in [0.4, 0.5) is 11.8 Å². The molecule has 4 rings (SSSR count). The summed E-state index contributed by atoms with van der Waals surface area (Å²) in [4.78, 5) is 11.9. The zero-order valence-corrected chi connectivity index (χ0v) is 16.3. The predicted octanol–water partition coefficient (Wildman–Crippen LogP) is 3.38. The smallest absolute Gasteiger partial charge is 0.264 e. The quantitative estimate of drug-likeness (QED) is 0.347. The average molecular weight is 420 g/mol. The van der Waals surface area contributed by atoms with Gasteiger partial charge in [-0.15, -0.1) is 0 Å². The van der Waals surface area contributed by atoms with E-state index in [2.05, 4.69) is 30.2 Å². The molecule has 0 amide bonds. The molecule has 0 bridgehead atoms. The van der Waals surface area contributed by atoms with Gasteiger partial charge >= 0.3 is 0 Å². The number of hydrogen-bond donors (Lipinski definition) is 2. The highest BCUT2D eigenvalue weighted by Crippen LogP contribution is 2.24. The second kappa shape index (κ2) is 8.53. The van der Waals surface area contributed by atoms with Gasteiger partial charge in [-0.2, -0.15) is 5.10 Å². The van der Waals surface area contributed by atoms with E-state index >= 15 is 0 Å². The maximum Gasteiger partial charge on any atom is 0.264 e. The van der Waals surface area contributed by atoms with Gasteiger partial charge in [0.25, 0.3) is 10.0 Å². The number of hydrogen-bond acceptors (Lipinski definition) is 8. The van der Waals surface area contributed by atoms with E-state index in [1.54, 1.807) is 42.6 Å². The third-order valence-electron chi connectivity index (χ3n) is 3.90. The van der Waals surface area contributed by atoms with Crippen LogP contribution >= 0.6 is 0 Å². The molecule has 150 valence electrons. The first kappa shape index (κ1) is 19.3. The Labute approximate surface area is 172 Å². The first-order valence-corrected chi connectivity index (χ1v) is 10.3. The summed E-state index contributed by atoms with van der Waals surface area (Å²) in [5.41, 5.74) is 3.52. The average Bonchev–Trinajstić information content (AvgIpc) is 3.24. The van der Waals surface area contributed by atoms with Crippen molar-refractivity contribution in [2.24, 2.45) is 5.10 Å². The van der Waals surface area contributed by atoms with E-state index in [1.807, 2.05) is 12.1 Å². The maximum absolute atomic E-state index is 12.4. The Hall–Kier alpha value is -4.05. The van der Waals surface area contributed by atoms with Crippen LogP contribution in [0.15, 0.2) is 93.7 Å². The standard InChI is InChI=1S/C20H16N6O3S/c27-30(28,26-20-22-12-3-13-23-20)17-8-5-15(6-9-17)18-10-7-16(29-18)14-24-25-19-4-1-2-11-21-19/h1-14H,(H,21,25)(H,22,23,26). The fourth-order valence-electron chi connectivity index (χ4n) is 2.50. The van der Waals surface area contributed by atoms with Crippen LogP contribution in [0.25, 0.3) is 11.3 Å². The number of anilines is 2. The highest BCUT2D eigenvalue weighted by molar-refractivity contribution is 7.92. The molecule has 0 unspecified atom stereocenters. The molecule has 0 radical (unpaired) electrons. The lowest BCUT2D eigenvalue weighted by atomic mass is 10.2. The van der Waals surface area contributed by atoms with Gasteiger partial charge in [-0.1, -0.05) is 6.07 Å². The zero-order valence-electron chi connectivity index (χ0n) is 15.5. The highest BCUT2D eigenvalue weighted by atomic mass is 32.2. The van der Waals surface area contributed by atoms with Gasteiger partial charge in [-0.3, -0.25) is 5.43 Å². The van der Waals surface area contributed by atoms with Gasteiger partial charge in [-0.25, -0.2) is 28.1 Å². The van der Waals surface area contributed by atoms with Crippen molar-refractivity contribution in [3.63, 3.8) is 0 Å². The molecule has 0 fully saturated rings. The minimum Gasteiger partial charge on any atom is -0.455 e. The van der Waals surface area contributed by atoms with Crippen LogP contribution in [-0.4, -0.2) is 29.6 Å². The van der Waals surface area contributed by atoms with Gasteiger partial charge in [0.05, 0.1) is 11.1 Å². The second-order valence-electron chi connectivity index (χ2n) is 5.99. The van der Waals surface area contributed by atoms with Crippen molar-refractivity contribution in [2.75, 3.05) is 10.1 Å². The molecular formula is C20H16N6O3S. The Morgan fingerprint density at radius 3 is 2.37 bits per heavy atom. The fraction of sp³-hybridized carbons (Fsp3) is 0. The summed E-state index contributed by atoms with van der Waals surface area (Å²) in [6, 6.07) is 16.9. The van der Waals surface area contributed by atoms with Gasteiger partial charge in [0.1, 0.15) is 17.3 Å². The molecule has 0 aliphatic rings. The molecule has 0 saturated carbocycles. The van der Waals surface area contributed by atoms with Crippen molar-refractivity contribution in [2.45, 2.75) is 4.90 Å². The predicted molar refractivity (Wildman–Crippen MR) is 112 cm³/mol. The molecule has 2 N–H and O–H groups in total. The number of rotatable bonds is 7. The Morgan fingerprint density at radius 1 is 0.867 bits per heavy atom. The SMILES string of the molecule is O=S(=O)(Nc1ncccn1)c1ccc(-c2ccc(C=NNc3ccccn3)o2)cc1. The van der Waals surface area contributed by atoms with Crippen LogP contribution in [0.2, 0.25) is 0 Å². The summed E-state index contributed by atoms with van der Waals surface area (Å²) in [7, 11) is -3.79. The van der Waals surface area contributed by atoms with Crippen molar-refractivity contribution in [3.05, 3.63) is 85.0 Å². The molecule has 4 aromatic rings. The number of benzene rings is 1. The van der Waals surface area contributed by atoms with Crippen LogP contribution in [0.1, 0.15) is 5.76 Å². The number of pyridine rings is 1. The third-order valence-corrected chi connectivity index (χ3v) is 5.25. The molecule has 1 aromatic carbocycles. The van der Waals surface area contributed by atoms with E-state index < -0.39 is 10.0 Å². The molecule has 9 nitrogen and oxygen atoms in total. The van der Waals surface area contributed by atoms with Gasteiger partial charge in [-0.05, 0) is 54.6 Å². The summed E-state index contributed by atoms with van der Waals surface area (Å²) >= 11 is 0. The lowest BCUT2D eigenvalue weighted by Gasteiger charge is -2.06. The third kappa shape index (κ3) is 4.67.